The number of amides is 3. The van der Waals surface area contributed by atoms with Crippen LogP contribution in [0.25, 0.3) is 0 Å². The van der Waals surface area contributed by atoms with Crippen molar-refractivity contribution in [2.24, 2.45) is 0 Å². The third-order valence-electron chi connectivity index (χ3n) is 7.24. The number of carbonyl (C=O) groups excluding carboxylic acids is 3. The molecule has 234 valence electrons. The number of anilines is 4. The highest BCUT2D eigenvalue weighted by Gasteiger charge is 2.32. The first-order chi connectivity index (χ1) is 20.5. The van der Waals surface area contributed by atoms with Gasteiger partial charge in [-0.3, -0.25) is 19.5 Å². The average Bonchev–Trinajstić information content (AvgIpc) is 2.96. The number of ether oxygens (including phenoxy) is 2. The maximum Gasteiger partial charge on any atom is 0.414 e. The van der Waals surface area contributed by atoms with Gasteiger partial charge in [-0.05, 0) is 108 Å². The summed E-state index contributed by atoms with van der Waals surface area (Å²) in [4.78, 5) is 46.1. The summed E-state index contributed by atoms with van der Waals surface area (Å²) in [6.07, 6.45) is 0.0564. The lowest BCUT2D eigenvalue weighted by Gasteiger charge is -2.33. The molecular formula is C35H43N3O5S. The Balaban J connectivity index is 1.77. The lowest BCUT2D eigenvalue weighted by atomic mass is 9.97. The fourth-order valence-electron chi connectivity index (χ4n) is 4.61. The Morgan fingerprint density at radius 2 is 1.18 bits per heavy atom. The highest BCUT2D eigenvalue weighted by molar-refractivity contribution is 7.99. The van der Waals surface area contributed by atoms with E-state index >= 15 is 0 Å². The van der Waals surface area contributed by atoms with Crippen LogP contribution in [0.2, 0.25) is 0 Å². The molecule has 9 heteroatoms. The van der Waals surface area contributed by atoms with Crippen molar-refractivity contribution in [3.63, 3.8) is 0 Å². The van der Waals surface area contributed by atoms with Crippen LogP contribution in [0.1, 0.15) is 83.7 Å². The number of nitrogens with zero attached hydrogens (tertiary/aromatic N) is 3. The second-order valence-electron chi connectivity index (χ2n) is 13.1. The van der Waals surface area contributed by atoms with Crippen molar-refractivity contribution >= 4 is 52.6 Å². The Kier molecular flexibility index (Phi) is 9.40. The smallest absolute Gasteiger partial charge is 0.414 e. The van der Waals surface area contributed by atoms with Crippen molar-refractivity contribution in [2.45, 2.75) is 88.7 Å². The SMILES string of the molecule is CCC(C)c1ccc(C(=O)N2c3ccc(N(C)C(=O)OC(C)(C)C)cc3Sc3cc(N(C)C(=O)OC(C)(C)C)ccc32)cc1. The number of hydrogen-bond donors (Lipinski definition) is 0. The molecule has 0 aliphatic carbocycles. The van der Waals surface area contributed by atoms with Crippen LogP contribution >= 0.6 is 11.8 Å². The van der Waals surface area contributed by atoms with Gasteiger partial charge in [0, 0.05) is 40.8 Å². The molecule has 1 heterocycles. The van der Waals surface area contributed by atoms with Gasteiger partial charge in [-0.1, -0.05) is 37.7 Å². The lowest BCUT2D eigenvalue weighted by molar-refractivity contribution is 0.0578. The standard InChI is InChI=1S/C35H43N3O5S/c1-11-22(2)23-12-14-24(15-13-23)31(39)38-27-18-16-25(36(9)32(40)42-34(3,4)5)20-29(27)44-30-21-26(17-19-28(30)38)37(10)33(41)43-35(6,7)8/h12-22H,11H2,1-10H3. The quantitative estimate of drug-likeness (QED) is 0.284. The van der Waals surface area contributed by atoms with E-state index in [0.717, 1.165) is 16.2 Å². The summed E-state index contributed by atoms with van der Waals surface area (Å²) in [5, 5.41) is 0. The average molecular weight is 618 g/mol. The maximum absolute atomic E-state index is 14.2. The van der Waals surface area contributed by atoms with Crippen molar-refractivity contribution in [1.82, 2.24) is 0 Å². The van der Waals surface area contributed by atoms with Crippen molar-refractivity contribution in [1.29, 1.82) is 0 Å². The van der Waals surface area contributed by atoms with Gasteiger partial charge in [-0.2, -0.15) is 0 Å². The number of fused-ring (bicyclic) bond motifs is 2. The molecule has 0 bridgehead atoms. The Bertz CT molecular complexity index is 1470. The number of rotatable bonds is 5. The highest BCUT2D eigenvalue weighted by Crippen LogP contribution is 2.51. The number of benzene rings is 3. The normalized spacial score (nSPS) is 13.4. The van der Waals surface area contributed by atoms with Crippen LogP contribution < -0.4 is 14.7 Å². The Morgan fingerprint density at radius 3 is 1.57 bits per heavy atom. The zero-order valence-electron chi connectivity index (χ0n) is 27.3. The molecular weight excluding hydrogens is 574 g/mol. The minimum atomic E-state index is -0.641. The van der Waals surface area contributed by atoms with E-state index in [-0.39, 0.29) is 5.91 Å². The zero-order valence-corrected chi connectivity index (χ0v) is 28.2. The van der Waals surface area contributed by atoms with E-state index in [1.54, 1.807) is 19.0 Å². The maximum atomic E-state index is 14.2. The number of hydrogen-bond acceptors (Lipinski definition) is 6. The molecule has 0 radical (unpaired) electrons. The fourth-order valence-corrected chi connectivity index (χ4v) is 5.74. The summed E-state index contributed by atoms with van der Waals surface area (Å²) in [6.45, 7) is 15.3. The molecule has 3 aromatic carbocycles. The molecule has 0 N–H and O–H groups in total. The summed E-state index contributed by atoms with van der Waals surface area (Å²) < 4.78 is 11.1. The predicted octanol–water partition coefficient (Wildman–Crippen LogP) is 9.39. The van der Waals surface area contributed by atoms with Gasteiger partial charge in [0.05, 0.1) is 11.4 Å². The van der Waals surface area contributed by atoms with Crippen LogP contribution in [0.15, 0.2) is 70.5 Å². The monoisotopic (exact) mass is 617 g/mol. The van der Waals surface area contributed by atoms with E-state index in [0.29, 0.717) is 34.2 Å². The molecule has 0 spiro atoms. The second kappa shape index (κ2) is 12.6. The molecule has 8 nitrogen and oxygen atoms in total. The molecule has 44 heavy (non-hydrogen) atoms. The second-order valence-corrected chi connectivity index (χ2v) is 14.1. The first kappa shape index (κ1) is 32.9. The van der Waals surface area contributed by atoms with Crippen molar-refractivity contribution in [3.05, 3.63) is 71.8 Å². The Labute approximate surface area is 265 Å². The van der Waals surface area contributed by atoms with Gasteiger partial charge in [0.15, 0.2) is 0 Å². The molecule has 3 aromatic rings. The molecule has 0 saturated heterocycles. The van der Waals surface area contributed by atoms with E-state index < -0.39 is 23.4 Å². The molecule has 1 aliphatic rings. The highest BCUT2D eigenvalue weighted by atomic mass is 32.2. The van der Waals surface area contributed by atoms with Gasteiger partial charge in [-0.25, -0.2) is 9.59 Å². The third kappa shape index (κ3) is 7.38. The fraction of sp³-hybridized carbons (Fsp3) is 0.400. The first-order valence-corrected chi connectivity index (χ1v) is 15.6. The molecule has 0 aromatic heterocycles. The molecule has 1 atom stereocenters. The Morgan fingerprint density at radius 1 is 0.750 bits per heavy atom. The summed E-state index contributed by atoms with van der Waals surface area (Å²) in [6, 6.07) is 18.9. The lowest BCUT2D eigenvalue weighted by Crippen LogP contribution is -2.34. The minimum Gasteiger partial charge on any atom is -0.443 e. The van der Waals surface area contributed by atoms with E-state index in [4.69, 9.17) is 9.47 Å². The summed E-state index contributed by atoms with van der Waals surface area (Å²) in [5.74, 6) is 0.220. The van der Waals surface area contributed by atoms with Gasteiger partial charge >= 0.3 is 12.2 Å². The molecule has 1 unspecified atom stereocenters. The van der Waals surface area contributed by atoms with Crippen LogP contribution in [-0.4, -0.2) is 43.4 Å². The summed E-state index contributed by atoms with van der Waals surface area (Å²) >= 11 is 1.47. The van der Waals surface area contributed by atoms with Crippen LogP contribution in [-0.2, 0) is 9.47 Å². The van der Waals surface area contributed by atoms with E-state index in [1.807, 2.05) is 102 Å². The minimum absolute atomic E-state index is 0.176. The molecule has 0 saturated carbocycles. The summed E-state index contributed by atoms with van der Waals surface area (Å²) in [7, 11) is 3.32. The van der Waals surface area contributed by atoms with Gasteiger partial charge in [0.2, 0.25) is 0 Å². The van der Waals surface area contributed by atoms with Gasteiger partial charge in [0.25, 0.3) is 5.91 Å². The van der Waals surface area contributed by atoms with E-state index in [9.17, 15) is 14.4 Å². The van der Waals surface area contributed by atoms with Crippen LogP contribution in [0.3, 0.4) is 0 Å². The van der Waals surface area contributed by atoms with Crippen LogP contribution in [0.4, 0.5) is 32.3 Å². The third-order valence-corrected chi connectivity index (χ3v) is 8.33. The van der Waals surface area contributed by atoms with Gasteiger partial charge in [0.1, 0.15) is 11.2 Å². The largest absolute Gasteiger partial charge is 0.443 e. The molecule has 4 rings (SSSR count). The first-order valence-electron chi connectivity index (χ1n) is 14.8. The number of carbonyl (C=O) groups is 3. The van der Waals surface area contributed by atoms with Crippen molar-refractivity contribution < 1.29 is 23.9 Å². The summed E-state index contributed by atoms with van der Waals surface area (Å²) in [5.41, 5.74) is 3.12. The molecule has 1 aliphatic heterocycles. The van der Waals surface area contributed by atoms with Crippen LogP contribution in [0.5, 0.6) is 0 Å². The van der Waals surface area contributed by atoms with Crippen molar-refractivity contribution in [2.75, 3.05) is 28.8 Å². The topological polar surface area (TPSA) is 79.4 Å². The van der Waals surface area contributed by atoms with E-state index in [2.05, 4.69) is 13.8 Å². The van der Waals surface area contributed by atoms with Gasteiger partial charge < -0.3 is 9.47 Å². The molecule has 3 amide bonds. The predicted molar refractivity (Wildman–Crippen MR) is 178 cm³/mol. The van der Waals surface area contributed by atoms with Crippen molar-refractivity contribution in [3.8, 4) is 0 Å². The van der Waals surface area contributed by atoms with Gasteiger partial charge in [-0.15, -0.1) is 0 Å². The van der Waals surface area contributed by atoms with Crippen LogP contribution in [0, 0.1) is 0 Å². The zero-order chi connectivity index (χ0) is 32.6. The molecule has 0 fully saturated rings. The Hall–Kier alpha value is -3.98. The van der Waals surface area contributed by atoms with E-state index in [1.165, 1.54) is 27.1 Å².